The molecule has 0 bridgehead atoms. The Morgan fingerprint density at radius 3 is 1.64 bits per heavy atom. The summed E-state index contributed by atoms with van der Waals surface area (Å²) in [5.41, 5.74) is 11.3. The second kappa shape index (κ2) is 18.2. The van der Waals surface area contributed by atoms with E-state index in [1.165, 1.54) is 7.11 Å². The van der Waals surface area contributed by atoms with Crippen LogP contribution in [0.3, 0.4) is 0 Å². The van der Waals surface area contributed by atoms with E-state index in [0.29, 0.717) is 26.1 Å². The van der Waals surface area contributed by atoms with Gasteiger partial charge < -0.3 is 36.2 Å². The topological polar surface area (TPSA) is 103 Å². The van der Waals surface area contributed by atoms with Gasteiger partial charge in [-0.1, -0.05) is 0 Å². The summed E-state index contributed by atoms with van der Waals surface area (Å²) in [6, 6.07) is 0. The molecule has 0 amide bonds. The first-order valence-electron chi connectivity index (χ1n) is 10.4. The van der Waals surface area contributed by atoms with Crippen LogP contribution in [0.4, 0.5) is 0 Å². The van der Waals surface area contributed by atoms with Crippen molar-refractivity contribution in [2.24, 2.45) is 11.5 Å². The predicted molar refractivity (Wildman–Crippen MR) is 117 cm³/mol. The number of nitrogens with zero attached hydrogens (tertiary/aromatic N) is 4. The molecular weight excluding hydrogens is 358 g/mol. The largest absolute Gasteiger partial charge is 0.469 e. The van der Waals surface area contributed by atoms with Crippen molar-refractivity contribution in [2.45, 2.75) is 6.42 Å². The van der Waals surface area contributed by atoms with Crippen LogP contribution >= 0.6 is 0 Å². The highest BCUT2D eigenvalue weighted by Crippen LogP contribution is 1.94. The zero-order chi connectivity index (χ0) is 21.2. The van der Waals surface area contributed by atoms with Gasteiger partial charge in [-0.25, -0.2) is 0 Å². The number of esters is 1. The molecule has 0 radical (unpaired) electrons. The summed E-state index contributed by atoms with van der Waals surface area (Å²) in [7, 11) is 7.81. The second-order valence-electron chi connectivity index (χ2n) is 7.40. The average molecular weight is 404 g/mol. The van der Waals surface area contributed by atoms with Crippen molar-refractivity contribution in [2.75, 3.05) is 113 Å². The molecule has 0 fully saturated rings. The molecule has 0 aliphatic carbocycles. The zero-order valence-corrected chi connectivity index (χ0v) is 18.7. The van der Waals surface area contributed by atoms with Gasteiger partial charge >= 0.3 is 5.97 Å². The highest BCUT2D eigenvalue weighted by molar-refractivity contribution is 5.69. The monoisotopic (exact) mass is 403 g/mol. The third kappa shape index (κ3) is 16.2. The first kappa shape index (κ1) is 27.2. The van der Waals surface area contributed by atoms with Gasteiger partial charge in [-0.3, -0.25) is 9.69 Å². The van der Waals surface area contributed by atoms with Crippen LogP contribution in [0.2, 0.25) is 0 Å². The van der Waals surface area contributed by atoms with E-state index < -0.39 is 0 Å². The summed E-state index contributed by atoms with van der Waals surface area (Å²) < 4.78 is 4.64. The van der Waals surface area contributed by atoms with E-state index in [0.717, 1.165) is 65.4 Å². The maximum atomic E-state index is 11.1. The van der Waals surface area contributed by atoms with Crippen LogP contribution in [-0.2, 0) is 9.53 Å². The molecule has 0 unspecified atom stereocenters. The predicted octanol–water partition coefficient (Wildman–Crippen LogP) is -1.85. The number of hydrogen-bond donors (Lipinski definition) is 3. The van der Waals surface area contributed by atoms with E-state index in [9.17, 15) is 4.79 Å². The Hall–Kier alpha value is -0.810. The number of hydrogen-bond acceptors (Lipinski definition) is 9. The molecule has 0 atom stereocenters. The van der Waals surface area contributed by atoms with Crippen LogP contribution in [0.15, 0.2) is 0 Å². The minimum absolute atomic E-state index is 0.171. The average Bonchev–Trinajstić information content (AvgIpc) is 2.67. The van der Waals surface area contributed by atoms with E-state index in [4.69, 9.17) is 11.5 Å². The molecule has 0 saturated carbocycles. The molecule has 28 heavy (non-hydrogen) atoms. The molecule has 0 rings (SSSR count). The number of carbonyl (C=O) groups is 1. The van der Waals surface area contributed by atoms with Crippen molar-refractivity contribution in [3.8, 4) is 0 Å². The number of nitrogens with two attached hydrogens (primary N) is 2. The van der Waals surface area contributed by atoms with Gasteiger partial charge in [0.15, 0.2) is 0 Å². The molecule has 9 heteroatoms. The van der Waals surface area contributed by atoms with Crippen LogP contribution in [0.1, 0.15) is 6.42 Å². The van der Waals surface area contributed by atoms with Crippen LogP contribution in [0, 0.1) is 0 Å². The highest BCUT2D eigenvalue weighted by Gasteiger charge is 2.10. The highest BCUT2D eigenvalue weighted by atomic mass is 16.5. The molecule has 0 heterocycles. The lowest BCUT2D eigenvalue weighted by Crippen LogP contribution is -2.43. The number of rotatable bonds is 19. The van der Waals surface area contributed by atoms with Crippen molar-refractivity contribution in [1.82, 2.24) is 24.9 Å². The fraction of sp³-hybridized carbons (Fsp3) is 0.947. The molecule has 0 aliphatic rings. The number of likely N-dealkylation sites (N-methyl/N-ethyl adjacent to an activating group) is 3. The molecular formula is C19H45N7O2. The van der Waals surface area contributed by atoms with Crippen molar-refractivity contribution < 1.29 is 9.53 Å². The maximum Gasteiger partial charge on any atom is 0.306 e. The normalized spacial score (nSPS) is 11.9. The summed E-state index contributed by atoms with van der Waals surface area (Å²) in [6.07, 6.45) is 0.417. The molecule has 5 N–H and O–H groups in total. The first-order chi connectivity index (χ1) is 13.4. The zero-order valence-electron chi connectivity index (χ0n) is 18.7. The van der Waals surface area contributed by atoms with Crippen LogP contribution in [-0.4, -0.2) is 139 Å². The van der Waals surface area contributed by atoms with Gasteiger partial charge in [-0.15, -0.1) is 0 Å². The summed E-state index contributed by atoms with van der Waals surface area (Å²) in [4.78, 5) is 20.5. The number of carbonyl (C=O) groups excluding carboxylic acids is 1. The quantitative estimate of drug-likeness (QED) is 0.169. The minimum Gasteiger partial charge on any atom is -0.469 e. The fourth-order valence-electron chi connectivity index (χ4n) is 2.74. The van der Waals surface area contributed by atoms with Gasteiger partial charge in [0, 0.05) is 85.1 Å². The van der Waals surface area contributed by atoms with E-state index in [1.807, 2.05) is 0 Å². The molecule has 0 saturated heterocycles. The van der Waals surface area contributed by atoms with E-state index in [1.54, 1.807) is 0 Å². The molecule has 0 aromatic rings. The minimum atomic E-state index is -0.171. The molecule has 0 aromatic carbocycles. The summed E-state index contributed by atoms with van der Waals surface area (Å²) >= 11 is 0. The van der Waals surface area contributed by atoms with Crippen LogP contribution < -0.4 is 16.8 Å². The van der Waals surface area contributed by atoms with Crippen molar-refractivity contribution in [3.05, 3.63) is 0 Å². The Bertz CT molecular complexity index is 358. The fourth-order valence-corrected chi connectivity index (χ4v) is 2.74. The Labute approximate surface area is 172 Å². The molecule has 0 spiro atoms. The van der Waals surface area contributed by atoms with Crippen molar-refractivity contribution in [3.63, 3.8) is 0 Å². The lowest BCUT2D eigenvalue weighted by molar-refractivity contribution is -0.140. The number of nitrogens with one attached hydrogen (secondary N) is 1. The number of ether oxygens (including phenoxy) is 1. The van der Waals surface area contributed by atoms with Gasteiger partial charge in [-0.2, -0.15) is 0 Å². The Kier molecular flexibility index (Phi) is 17.7. The maximum absolute atomic E-state index is 11.1. The summed E-state index contributed by atoms with van der Waals surface area (Å²) in [6.45, 7) is 11.9. The summed E-state index contributed by atoms with van der Waals surface area (Å²) in [5, 5.41) is 3.28. The van der Waals surface area contributed by atoms with Gasteiger partial charge in [0.05, 0.1) is 13.5 Å². The van der Waals surface area contributed by atoms with E-state index in [2.05, 4.69) is 50.8 Å². The lowest BCUT2D eigenvalue weighted by Gasteiger charge is -2.29. The van der Waals surface area contributed by atoms with E-state index in [-0.39, 0.29) is 5.97 Å². The molecule has 0 aromatic heterocycles. The van der Waals surface area contributed by atoms with Gasteiger partial charge in [0.2, 0.25) is 0 Å². The third-order valence-electron chi connectivity index (χ3n) is 4.82. The van der Waals surface area contributed by atoms with Crippen LogP contribution in [0.25, 0.3) is 0 Å². The third-order valence-corrected chi connectivity index (χ3v) is 4.82. The smallest absolute Gasteiger partial charge is 0.306 e. The Balaban J connectivity index is 4.15. The molecule has 0 aliphatic heterocycles. The standard InChI is InChI=1S/C19H45N7O2/c1-23(10-6-20)13-16-26(17-14-24(2)11-7-21)18-15-25(3)12-9-22-8-5-19(27)28-4/h22H,5-18,20-21H2,1-4H3. The van der Waals surface area contributed by atoms with Crippen molar-refractivity contribution in [1.29, 1.82) is 0 Å². The molecule has 168 valence electrons. The summed E-state index contributed by atoms with van der Waals surface area (Å²) in [5.74, 6) is -0.171. The van der Waals surface area contributed by atoms with Gasteiger partial charge in [0.1, 0.15) is 0 Å². The van der Waals surface area contributed by atoms with Gasteiger partial charge in [0.25, 0.3) is 0 Å². The van der Waals surface area contributed by atoms with Gasteiger partial charge in [-0.05, 0) is 21.1 Å². The SMILES string of the molecule is COC(=O)CCNCCN(C)CCN(CCN(C)CCN)CCN(C)CCN. The Morgan fingerprint density at radius 2 is 1.21 bits per heavy atom. The van der Waals surface area contributed by atoms with E-state index >= 15 is 0 Å². The lowest BCUT2D eigenvalue weighted by atomic mass is 10.3. The second-order valence-corrected chi connectivity index (χ2v) is 7.40. The van der Waals surface area contributed by atoms with Crippen molar-refractivity contribution >= 4 is 5.97 Å². The molecule has 9 nitrogen and oxygen atoms in total. The number of methoxy groups -OCH3 is 1. The first-order valence-corrected chi connectivity index (χ1v) is 10.4. The Morgan fingerprint density at radius 1 is 0.750 bits per heavy atom. The van der Waals surface area contributed by atoms with Crippen LogP contribution in [0.5, 0.6) is 0 Å².